The lowest BCUT2D eigenvalue weighted by atomic mass is 9.97. The van der Waals surface area contributed by atoms with Crippen molar-refractivity contribution in [2.75, 3.05) is 28.4 Å². The lowest BCUT2D eigenvalue weighted by Gasteiger charge is -2.19. The molecule has 2 aromatic rings. The van der Waals surface area contributed by atoms with Crippen LogP contribution in [0.3, 0.4) is 0 Å². The van der Waals surface area contributed by atoms with Crippen molar-refractivity contribution in [1.29, 1.82) is 0 Å². The van der Waals surface area contributed by atoms with E-state index in [1.807, 2.05) is 0 Å². The van der Waals surface area contributed by atoms with E-state index in [1.165, 1.54) is 28.4 Å². The first kappa shape index (κ1) is 22.8. The Kier molecular flexibility index (Phi) is 7.88. The van der Waals surface area contributed by atoms with E-state index < -0.39 is 18.4 Å². The van der Waals surface area contributed by atoms with Crippen molar-refractivity contribution in [3.8, 4) is 34.1 Å². The summed E-state index contributed by atoms with van der Waals surface area (Å²) in [6.07, 6.45) is -0.732. The molecule has 0 aliphatic heterocycles. The summed E-state index contributed by atoms with van der Waals surface area (Å²) in [6, 6.07) is 6.70. The summed E-state index contributed by atoms with van der Waals surface area (Å²) in [5, 5.41) is 18.3. The van der Waals surface area contributed by atoms with Crippen molar-refractivity contribution in [3.05, 3.63) is 35.4 Å². The van der Waals surface area contributed by atoms with Crippen LogP contribution in [0.5, 0.6) is 23.0 Å². The van der Waals surface area contributed by atoms with Crippen molar-refractivity contribution in [2.45, 2.75) is 19.6 Å². The molecule has 0 heterocycles. The molecule has 0 fully saturated rings. The Balaban J connectivity index is 2.61. The number of aliphatic carboxylic acids is 1. The van der Waals surface area contributed by atoms with Gasteiger partial charge in [0, 0.05) is 11.1 Å². The quantitative estimate of drug-likeness (QED) is 0.441. The molecule has 2 rings (SSSR count). The van der Waals surface area contributed by atoms with Crippen LogP contribution in [0.2, 0.25) is 0 Å². The molecule has 9 heteroatoms. The molecule has 2 aromatic carbocycles. The van der Waals surface area contributed by atoms with E-state index in [4.69, 9.17) is 28.8 Å². The van der Waals surface area contributed by atoms with Gasteiger partial charge in [-0.3, -0.25) is 9.59 Å². The highest BCUT2D eigenvalue weighted by Crippen LogP contribution is 2.46. The first-order valence-electron chi connectivity index (χ1n) is 8.86. The van der Waals surface area contributed by atoms with E-state index in [-0.39, 0.29) is 13.2 Å². The van der Waals surface area contributed by atoms with Gasteiger partial charge in [0.2, 0.25) is 0 Å². The van der Waals surface area contributed by atoms with Crippen molar-refractivity contribution >= 4 is 11.9 Å². The molecule has 0 bridgehead atoms. The van der Waals surface area contributed by atoms with Crippen LogP contribution in [-0.4, -0.2) is 50.6 Å². The average molecular weight is 420 g/mol. The van der Waals surface area contributed by atoms with Crippen LogP contribution >= 0.6 is 0 Å². The molecule has 0 aliphatic rings. The van der Waals surface area contributed by atoms with E-state index >= 15 is 0 Å². The second kappa shape index (κ2) is 10.4. The number of hydrogen-bond acceptors (Lipinski definition) is 8. The van der Waals surface area contributed by atoms with Crippen LogP contribution in [0.15, 0.2) is 24.3 Å². The number of hydrogen-bond donors (Lipinski definition) is 2. The maximum atomic E-state index is 11.6. The molecule has 0 spiro atoms. The molecular formula is C21H24O9. The van der Waals surface area contributed by atoms with Gasteiger partial charge in [-0.2, -0.15) is 0 Å². The maximum Gasteiger partial charge on any atom is 0.317 e. The van der Waals surface area contributed by atoms with Crippen LogP contribution < -0.4 is 18.9 Å². The fraction of sp³-hybridized carbons (Fsp3) is 0.333. The zero-order chi connectivity index (χ0) is 22.3. The molecule has 0 aromatic heterocycles. The number of rotatable bonds is 10. The van der Waals surface area contributed by atoms with Crippen LogP contribution in [-0.2, 0) is 27.5 Å². The van der Waals surface area contributed by atoms with Crippen molar-refractivity contribution in [2.24, 2.45) is 0 Å². The Morgan fingerprint density at radius 2 is 1.30 bits per heavy atom. The average Bonchev–Trinajstić information content (AvgIpc) is 2.75. The number of carboxylic acids is 1. The van der Waals surface area contributed by atoms with Gasteiger partial charge in [-0.1, -0.05) is 0 Å². The molecule has 9 nitrogen and oxygen atoms in total. The van der Waals surface area contributed by atoms with Crippen LogP contribution in [0.4, 0.5) is 0 Å². The largest absolute Gasteiger partial charge is 0.493 e. The first-order chi connectivity index (χ1) is 14.4. The number of methoxy groups -OCH3 is 4. The Labute approximate surface area is 173 Å². The van der Waals surface area contributed by atoms with E-state index in [2.05, 4.69) is 0 Å². The number of aliphatic hydroxyl groups excluding tert-OH is 1. The van der Waals surface area contributed by atoms with Gasteiger partial charge in [-0.15, -0.1) is 0 Å². The summed E-state index contributed by atoms with van der Waals surface area (Å²) in [5.41, 5.74) is 2.24. The molecule has 0 aliphatic carbocycles. The summed E-state index contributed by atoms with van der Waals surface area (Å²) in [4.78, 5) is 22.3. The van der Waals surface area contributed by atoms with Gasteiger partial charge in [-0.25, -0.2) is 0 Å². The number of benzene rings is 2. The topological polar surface area (TPSA) is 121 Å². The maximum absolute atomic E-state index is 11.6. The van der Waals surface area contributed by atoms with Gasteiger partial charge < -0.3 is 33.9 Å². The van der Waals surface area contributed by atoms with Crippen LogP contribution in [0, 0.1) is 0 Å². The highest BCUT2D eigenvalue weighted by molar-refractivity contribution is 5.90. The van der Waals surface area contributed by atoms with Gasteiger partial charge in [0.05, 0.1) is 35.0 Å². The van der Waals surface area contributed by atoms with Gasteiger partial charge in [0.25, 0.3) is 0 Å². The second-order valence-electron chi connectivity index (χ2n) is 6.15. The van der Waals surface area contributed by atoms with Crippen LogP contribution in [0.1, 0.15) is 17.5 Å². The Bertz CT molecular complexity index is 921. The normalized spacial score (nSPS) is 10.3. The van der Waals surface area contributed by atoms with Gasteiger partial charge in [-0.05, 0) is 35.4 Å². The highest BCUT2D eigenvalue weighted by atomic mass is 16.5. The predicted octanol–water partition coefficient (Wildman–Crippen LogP) is 2.40. The summed E-state index contributed by atoms with van der Waals surface area (Å²) in [6.45, 7) is -0.391. The monoisotopic (exact) mass is 420 g/mol. The third kappa shape index (κ3) is 5.12. The highest BCUT2D eigenvalue weighted by Gasteiger charge is 2.21. The van der Waals surface area contributed by atoms with Crippen molar-refractivity contribution in [1.82, 2.24) is 0 Å². The predicted molar refractivity (Wildman–Crippen MR) is 106 cm³/mol. The number of carboxylic acid groups (broad SMARTS) is 1. The molecule has 2 N–H and O–H groups in total. The Morgan fingerprint density at radius 3 is 1.73 bits per heavy atom. The number of carbonyl (C=O) groups is 2. The van der Waals surface area contributed by atoms with Crippen molar-refractivity contribution in [3.63, 3.8) is 0 Å². The lowest BCUT2D eigenvalue weighted by Crippen LogP contribution is -2.10. The minimum absolute atomic E-state index is 0.168. The third-order valence-corrected chi connectivity index (χ3v) is 4.25. The molecular weight excluding hydrogens is 396 g/mol. The third-order valence-electron chi connectivity index (χ3n) is 4.25. The zero-order valence-corrected chi connectivity index (χ0v) is 17.2. The number of aliphatic hydroxyl groups is 1. The fourth-order valence-corrected chi connectivity index (χ4v) is 2.96. The summed E-state index contributed by atoms with van der Waals surface area (Å²) in [5.74, 6) is -0.539. The SMILES string of the molecule is COc1cc(CO)cc(-c2cc(COC(=O)CC(=O)O)cc(OC)c2OC)c1OC. The lowest BCUT2D eigenvalue weighted by molar-refractivity contribution is -0.152. The minimum atomic E-state index is -1.27. The van der Waals surface area contributed by atoms with E-state index in [9.17, 15) is 14.7 Å². The molecule has 30 heavy (non-hydrogen) atoms. The van der Waals surface area contributed by atoms with Gasteiger partial charge >= 0.3 is 11.9 Å². The summed E-state index contributed by atoms with van der Waals surface area (Å²) < 4.78 is 26.9. The molecule has 0 atom stereocenters. The number of ether oxygens (including phenoxy) is 5. The van der Waals surface area contributed by atoms with Gasteiger partial charge in [0.1, 0.15) is 13.0 Å². The fourth-order valence-electron chi connectivity index (χ4n) is 2.96. The summed E-state index contributed by atoms with van der Waals surface area (Å²) in [7, 11) is 5.91. The standard InChI is InChI=1S/C21H24O9/c1-26-16-7-12(10-22)5-14(20(16)28-3)15-6-13(8-17(27-2)21(15)29-4)11-30-19(25)9-18(23)24/h5-8,22H,9-11H2,1-4H3,(H,23,24). The number of esters is 1. The van der Waals surface area contributed by atoms with E-state index in [0.29, 0.717) is 45.3 Å². The Hall–Kier alpha value is -3.46. The minimum Gasteiger partial charge on any atom is -0.493 e. The smallest absolute Gasteiger partial charge is 0.317 e. The molecule has 0 unspecified atom stereocenters. The second-order valence-corrected chi connectivity index (χ2v) is 6.15. The Morgan fingerprint density at radius 1 is 0.800 bits per heavy atom. The van der Waals surface area contributed by atoms with Gasteiger partial charge in [0.15, 0.2) is 23.0 Å². The molecule has 0 saturated heterocycles. The van der Waals surface area contributed by atoms with E-state index in [1.54, 1.807) is 24.3 Å². The molecule has 162 valence electrons. The van der Waals surface area contributed by atoms with E-state index in [0.717, 1.165) is 0 Å². The zero-order valence-electron chi connectivity index (χ0n) is 17.2. The van der Waals surface area contributed by atoms with Crippen molar-refractivity contribution < 1.29 is 43.5 Å². The summed E-state index contributed by atoms with van der Waals surface area (Å²) >= 11 is 0. The number of carbonyl (C=O) groups excluding carboxylic acids is 1. The van der Waals surface area contributed by atoms with Crippen LogP contribution in [0.25, 0.3) is 11.1 Å². The molecule has 0 saturated carbocycles. The molecule has 0 radical (unpaired) electrons. The molecule has 0 amide bonds. The first-order valence-corrected chi connectivity index (χ1v) is 8.86.